The van der Waals surface area contributed by atoms with Crippen molar-refractivity contribution in [2.24, 2.45) is 5.92 Å². The highest BCUT2D eigenvalue weighted by Gasteiger charge is 2.14. The number of nitrogens with zero attached hydrogens (tertiary/aromatic N) is 1. The van der Waals surface area contributed by atoms with Crippen LogP contribution in [-0.4, -0.2) is 5.16 Å². The SMILES string of the molecule is CCCCCCCCCCCc1onc(N)c1CC(C)C. The van der Waals surface area contributed by atoms with E-state index in [9.17, 15) is 0 Å². The van der Waals surface area contributed by atoms with E-state index in [0.717, 1.165) is 24.2 Å². The number of hydrogen-bond donors (Lipinski definition) is 1. The molecular formula is C18H34N2O. The molecule has 3 heteroatoms. The van der Waals surface area contributed by atoms with Crippen LogP contribution in [0.4, 0.5) is 5.82 Å². The van der Waals surface area contributed by atoms with Crippen LogP contribution in [0, 0.1) is 5.92 Å². The van der Waals surface area contributed by atoms with Crippen molar-refractivity contribution >= 4 is 5.82 Å². The van der Waals surface area contributed by atoms with Crippen molar-refractivity contribution in [1.29, 1.82) is 0 Å². The fraction of sp³-hybridized carbons (Fsp3) is 0.833. The molecule has 0 bridgehead atoms. The summed E-state index contributed by atoms with van der Waals surface area (Å²) in [7, 11) is 0. The van der Waals surface area contributed by atoms with Crippen molar-refractivity contribution in [2.45, 2.75) is 91.4 Å². The number of unbranched alkanes of at least 4 members (excludes halogenated alkanes) is 8. The molecule has 0 atom stereocenters. The number of anilines is 1. The van der Waals surface area contributed by atoms with Gasteiger partial charge in [-0.2, -0.15) is 0 Å². The summed E-state index contributed by atoms with van der Waals surface area (Å²) in [6.45, 7) is 6.67. The van der Waals surface area contributed by atoms with E-state index in [4.69, 9.17) is 10.3 Å². The van der Waals surface area contributed by atoms with Gasteiger partial charge in [0.15, 0.2) is 5.82 Å². The first-order chi connectivity index (χ1) is 10.1. The molecule has 0 saturated carbocycles. The molecule has 0 aliphatic carbocycles. The first kappa shape index (κ1) is 18.1. The van der Waals surface area contributed by atoms with Crippen LogP contribution in [0.3, 0.4) is 0 Å². The number of nitrogen functional groups attached to an aromatic ring is 1. The summed E-state index contributed by atoms with van der Waals surface area (Å²) in [6.07, 6.45) is 14.1. The first-order valence-corrected chi connectivity index (χ1v) is 8.88. The second-order valence-corrected chi connectivity index (χ2v) is 6.65. The molecule has 1 aromatic rings. The third-order valence-corrected chi connectivity index (χ3v) is 4.02. The van der Waals surface area contributed by atoms with Crippen LogP contribution in [0.15, 0.2) is 4.52 Å². The monoisotopic (exact) mass is 294 g/mol. The Morgan fingerprint density at radius 3 is 2.10 bits per heavy atom. The van der Waals surface area contributed by atoms with Gasteiger partial charge in [0.2, 0.25) is 0 Å². The Morgan fingerprint density at radius 1 is 0.952 bits per heavy atom. The number of aryl methyl sites for hydroxylation is 1. The normalized spacial score (nSPS) is 11.4. The molecule has 2 N–H and O–H groups in total. The van der Waals surface area contributed by atoms with Crippen LogP contribution in [0.25, 0.3) is 0 Å². The van der Waals surface area contributed by atoms with Gasteiger partial charge in [-0.3, -0.25) is 0 Å². The lowest BCUT2D eigenvalue weighted by atomic mass is 10.00. The molecule has 0 spiro atoms. The molecule has 1 rings (SSSR count). The highest BCUT2D eigenvalue weighted by atomic mass is 16.5. The molecule has 21 heavy (non-hydrogen) atoms. The van der Waals surface area contributed by atoms with Crippen molar-refractivity contribution in [2.75, 3.05) is 5.73 Å². The minimum atomic E-state index is 0.591. The minimum absolute atomic E-state index is 0.591. The maximum atomic E-state index is 5.89. The van der Waals surface area contributed by atoms with E-state index >= 15 is 0 Å². The maximum Gasteiger partial charge on any atom is 0.170 e. The summed E-state index contributed by atoms with van der Waals surface area (Å²) in [6, 6.07) is 0. The van der Waals surface area contributed by atoms with Crippen LogP contribution in [0.2, 0.25) is 0 Å². The fourth-order valence-corrected chi connectivity index (χ4v) is 2.78. The predicted octanol–water partition coefficient (Wildman–Crippen LogP) is 5.53. The summed E-state index contributed by atoms with van der Waals surface area (Å²) in [5.41, 5.74) is 7.04. The average Bonchev–Trinajstić information content (AvgIpc) is 2.78. The molecule has 1 aromatic heterocycles. The average molecular weight is 294 g/mol. The van der Waals surface area contributed by atoms with Gasteiger partial charge in [0.25, 0.3) is 0 Å². The van der Waals surface area contributed by atoms with Crippen LogP contribution in [-0.2, 0) is 12.8 Å². The van der Waals surface area contributed by atoms with E-state index in [1.165, 1.54) is 57.8 Å². The summed E-state index contributed by atoms with van der Waals surface area (Å²) in [5.74, 6) is 2.20. The molecule has 0 aliphatic heterocycles. The van der Waals surface area contributed by atoms with Crippen molar-refractivity contribution in [1.82, 2.24) is 5.16 Å². The molecule has 0 amide bonds. The van der Waals surface area contributed by atoms with Gasteiger partial charge >= 0.3 is 0 Å². The van der Waals surface area contributed by atoms with Gasteiger partial charge in [0.05, 0.1) is 0 Å². The van der Waals surface area contributed by atoms with Crippen molar-refractivity contribution in [3.63, 3.8) is 0 Å². The number of aromatic nitrogens is 1. The topological polar surface area (TPSA) is 52.0 Å². The maximum absolute atomic E-state index is 5.89. The lowest BCUT2D eigenvalue weighted by Gasteiger charge is -2.05. The van der Waals surface area contributed by atoms with E-state index in [1.807, 2.05) is 0 Å². The fourth-order valence-electron chi connectivity index (χ4n) is 2.78. The Hall–Kier alpha value is -0.990. The quantitative estimate of drug-likeness (QED) is 0.516. The zero-order valence-corrected chi connectivity index (χ0v) is 14.3. The standard InChI is InChI=1S/C18H34N2O/c1-4-5-6-7-8-9-10-11-12-13-17-16(14-15(2)3)18(19)20-21-17/h15H,4-14H2,1-3H3,(H2,19,20). The Kier molecular flexibility index (Phi) is 9.20. The molecular weight excluding hydrogens is 260 g/mol. The molecule has 3 nitrogen and oxygen atoms in total. The van der Waals surface area contributed by atoms with Gasteiger partial charge in [0.1, 0.15) is 5.76 Å². The van der Waals surface area contributed by atoms with Crippen molar-refractivity contribution < 1.29 is 4.52 Å². The van der Waals surface area contributed by atoms with E-state index in [1.54, 1.807) is 0 Å². The Labute approximate surface area is 130 Å². The van der Waals surface area contributed by atoms with Crippen molar-refractivity contribution in [3.8, 4) is 0 Å². The Bertz CT molecular complexity index is 371. The van der Waals surface area contributed by atoms with Gasteiger partial charge in [0, 0.05) is 12.0 Å². The molecule has 1 heterocycles. The minimum Gasteiger partial charge on any atom is -0.381 e. The third-order valence-electron chi connectivity index (χ3n) is 4.02. The molecule has 0 unspecified atom stereocenters. The highest BCUT2D eigenvalue weighted by molar-refractivity contribution is 5.40. The van der Waals surface area contributed by atoms with Crippen LogP contribution in [0.1, 0.15) is 89.9 Å². The molecule has 0 aliphatic rings. The van der Waals surface area contributed by atoms with Gasteiger partial charge in [-0.05, 0) is 18.8 Å². The zero-order valence-electron chi connectivity index (χ0n) is 14.3. The lowest BCUT2D eigenvalue weighted by Crippen LogP contribution is -2.00. The molecule has 122 valence electrons. The van der Waals surface area contributed by atoms with E-state index in [2.05, 4.69) is 25.9 Å². The second-order valence-electron chi connectivity index (χ2n) is 6.65. The molecule has 0 saturated heterocycles. The Balaban J connectivity index is 2.13. The van der Waals surface area contributed by atoms with Gasteiger partial charge in [-0.15, -0.1) is 0 Å². The van der Waals surface area contributed by atoms with E-state index in [0.29, 0.717) is 11.7 Å². The summed E-state index contributed by atoms with van der Waals surface area (Å²) in [5, 5.41) is 3.93. The summed E-state index contributed by atoms with van der Waals surface area (Å²) < 4.78 is 5.39. The van der Waals surface area contributed by atoms with Gasteiger partial charge < -0.3 is 10.3 Å². The number of hydrogen-bond acceptors (Lipinski definition) is 3. The summed E-state index contributed by atoms with van der Waals surface area (Å²) >= 11 is 0. The lowest BCUT2D eigenvalue weighted by molar-refractivity contribution is 0.378. The zero-order chi connectivity index (χ0) is 15.5. The predicted molar refractivity (Wildman–Crippen MR) is 90.4 cm³/mol. The van der Waals surface area contributed by atoms with Crippen LogP contribution < -0.4 is 5.73 Å². The second kappa shape index (κ2) is 10.7. The van der Waals surface area contributed by atoms with Gasteiger partial charge in [-0.1, -0.05) is 77.3 Å². The smallest absolute Gasteiger partial charge is 0.170 e. The van der Waals surface area contributed by atoms with Crippen LogP contribution in [0.5, 0.6) is 0 Å². The van der Waals surface area contributed by atoms with Crippen LogP contribution >= 0.6 is 0 Å². The molecule has 0 radical (unpaired) electrons. The molecule has 0 aromatic carbocycles. The first-order valence-electron chi connectivity index (χ1n) is 8.88. The summed E-state index contributed by atoms with van der Waals surface area (Å²) in [4.78, 5) is 0. The number of nitrogens with two attached hydrogens (primary N) is 1. The molecule has 0 fully saturated rings. The van der Waals surface area contributed by atoms with Crippen molar-refractivity contribution in [3.05, 3.63) is 11.3 Å². The van der Waals surface area contributed by atoms with Gasteiger partial charge in [-0.25, -0.2) is 0 Å². The number of rotatable bonds is 12. The Morgan fingerprint density at radius 2 is 1.52 bits per heavy atom. The third kappa shape index (κ3) is 7.54. The largest absolute Gasteiger partial charge is 0.381 e. The van der Waals surface area contributed by atoms with E-state index < -0.39 is 0 Å². The highest BCUT2D eigenvalue weighted by Crippen LogP contribution is 2.22. The van der Waals surface area contributed by atoms with E-state index in [-0.39, 0.29) is 0 Å².